The molecule has 0 bridgehead atoms. The van der Waals surface area contributed by atoms with E-state index < -0.39 is 0 Å². The number of rotatable bonds is 5. The zero-order valence-electron chi connectivity index (χ0n) is 20.4. The van der Waals surface area contributed by atoms with Gasteiger partial charge in [-0.15, -0.1) is 0 Å². The Kier molecular flexibility index (Phi) is 5.84. The van der Waals surface area contributed by atoms with Crippen LogP contribution in [0.2, 0.25) is 0 Å². The number of anilines is 1. The van der Waals surface area contributed by atoms with Crippen LogP contribution in [0.1, 0.15) is 91.4 Å². The molecule has 0 spiro atoms. The van der Waals surface area contributed by atoms with E-state index in [9.17, 15) is 4.79 Å². The molecule has 0 aliphatic heterocycles. The molecule has 1 saturated carbocycles. The maximum absolute atomic E-state index is 12.5. The molecule has 5 rings (SSSR count). The van der Waals surface area contributed by atoms with Crippen LogP contribution in [-0.4, -0.2) is 5.91 Å². The van der Waals surface area contributed by atoms with E-state index in [2.05, 4.69) is 32.2 Å². The van der Waals surface area contributed by atoms with Gasteiger partial charge in [-0.3, -0.25) is 4.79 Å². The fourth-order valence-corrected chi connectivity index (χ4v) is 8.09. The van der Waals surface area contributed by atoms with Crippen LogP contribution < -0.4 is 5.32 Å². The number of amides is 1. The second-order valence-electron chi connectivity index (χ2n) is 11.7. The minimum atomic E-state index is 0.150. The predicted octanol–water partition coefficient (Wildman–Crippen LogP) is 8.07. The van der Waals surface area contributed by atoms with Crippen molar-refractivity contribution in [3.8, 4) is 0 Å². The van der Waals surface area contributed by atoms with Gasteiger partial charge in [0.25, 0.3) is 0 Å². The summed E-state index contributed by atoms with van der Waals surface area (Å²) in [6, 6.07) is 9.85. The van der Waals surface area contributed by atoms with E-state index in [1.807, 2.05) is 35.9 Å². The first-order valence-corrected chi connectivity index (χ1v) is 13.2. The molecule has 1 fully saturated rings. The monoisotopic (exact) mass is 431 g/mol. The van der Waals surface area contributed by atoms with Gasteiger partial charge in [0.15, 0.2) is 0 Å². The van der Waals surface area contributed by atoms with Crippen molar-refractivity contribution >= 4 is 11.6 Å². The summed E-state index contributed by atoms with van der Waals surface area (Å²) >= 11 is 0. The molecule has 2 nitrogen and oxygen atoms in total. The third-order valence-electron chi connectivity index (χ3n) is 10.00. The summed E-state index contributed by atoms with van der Waals surface area (Å²) in [6.45, 7) is 7.55. The molecule has 0 heterocycles. The quantitative estimate of drug-likeness (QED) is 0.501. The number of hydrogen-bond donors (Lipinski definition) is 1. The summed E-state index contributed by atoms with van der Waals surface area (Å²) in [5.74, 6) is 2.32. The summed E-state index contributed by atoms with van der Waals surface area (Å²) in [7, 11) is 0. The second kappa shape index (κ2) is 8.50. The fourth-order valence-electron chi connectivity index (χ4n) is 8.09. The van der Waals surface area contributed by atoms with Gasteiger partial charge in [0, 0.05) is 12.1 Å². The Morgan fingerprint density at radius 2 is 1.88 bits per heavy atom. The molecular formula is C30H41NO. The topological polar surface area (TPSA) is 29.1 Å². The lowest BCUT2D eigenvalue weighted by molar-refractivity contribution is -0.116. The third kappa shape index (κ3) is 3.68. The molecule has 1 N–H and O–H groups in total. The maximum atomic E-state index is 12.5. The average Bonchev–Trinajstić information content (AvgIpc) is 3.15. The lowest BCUT2D eigenvalue weighted by Gasteiger charge is -2.53. The van der Waals surface area contributed by atoms with E-state index in [1.165, 1.54) is 57.8 Å². The maximum Gasteiger partial charge on any atom is 0.224 e. The highest BCUT2D eigenvalue weighted by atomic mass is 16.1. The molecule has 32 heavy (non-hydrogen) atoms. The summed E-state index contributed by atoms with van der Waals surface area (Å²) < 4.78 is 0. The third-order valence-corrected chi connectivity index (χ3v) is 10.00. The van der Waals surface area contributed by atoms with Gasteiger partial charge < -0.3 is 5.32 Å². The summed E-state index contributed by atoms with van der Waals surface area (Å²) in [5, 5.41) is 3.06. The van der Waals surface area contributed by atoms with Crippen molar-refractivity contribution in [1.82, 2.24) is 0 Å². The van der Waals surface area contributed by atoms with Gasteiger partial charge in [0.2, 0.25) is 5.91 Å². The summed E-state index contributed by atoms with van der Waals surface area (Å²) in [4.78, 5) is 12.5. The Balaban J connectivity index is 1.27. The van der Waals surface area contributed by atoms with E-state index in [1.54, 1.807) is 11.1 Å². The Hall–Kier alpha value is -1.83. The molecule has 0 saturated heterocycles. The first-order valence-electron chi connectivity index (χ1n) is 13.2. The Morgan fingerprint density at radius 1 is 1.06 bits per heavy atom. The highest BCUT2D eigenvalue weighted by Gasteiger charge is 2.52. The number of allylic oxidation sites excluding steroid dienone is 4. The summed E-state index contributed by atoms with van der Waals surface area (Å²) in [5.41, 5.74) is 7.04. The number of fused-ring (bicyclic) bond motifs is 4. The normalized spacial score (nSPS) is 34.8. The average molecular weight is 432 g/mol. The van der Waals surface area contributed by atoms with E-state index in [0.717, 1.165) is 18.0 Å². The van der Waals surface area contributed by atoms with Crippen molar-refractivity contribution in [3.63, 3.8) is 0 Å². The number of carbonyl (C=O) groups excluding carboxylic acids is 1. The Bertz CT molecular complexity index is 927. The molecule has 172 valence electrons. The van der Waals surface area contributed by atoms with Crippen LogP contribution in [0.5, 0.6) is 0 Å². The van der Waals surface area contributed by atoms with Crippen LogP contribution >= 0.6 is 0 Å². The van der Waals surface area contributed by atoms with Crippen LogP contribution in [0.25, 0.3) is 0 Å². The van der Waals surface area contributed by atoms with Crippen LogP contribution in [0.3, 0.4) is 0 Å². The lowest BCUT2D eigenvalue weighted by atomic mass is 9.52. The molecule has 0 radical (unpaired) electrons. The molecule has 2 heteroatoms. The Morgan fingerprint density at radius 3 is 2.69 bits per heavy atom. The standard InChI is InChI=1S/C30H41NO/c1-21(12-17-28(32)31-23-10-5-4-6-11-23)25-15-16-26-24-14-13-22-9-7-8-19-29(22,2)27(24)18-20-30(25,26)3/h4-6,10-11,16,21-22,25H,7-9,12-15,17-20H2,1-3H3,(H,31,32)/t21-,22?,25-,29+,30-/m1/s1. The van der Waals surface area contributed by atoms with Crippen molar-refractivity contribution < 1.29 is 4.79 Å². The first-order chi connectivity index (χ1) is 15.4. The molecular weight excluding hydrogens is 390 g/mol. The molecule has 4 aliphatic rings. The van der Waals surface area contributed by atoms with Gasteiger partial charge in [-0.25, -0.2) is 0 Å². The van der Waals surface area contributed by atoms with Crippen molar-refractivity contribution in [2.75, 3.05) is 5.32 Å². The lowest BCUT2D eigenvalue weighted by Crippen LogP contribution is -2.41. The molecule has 1 aromatic carbocycles. The first kappa shape index (κ1) is 22.0. The molecule has 1 aromatic rings. The van der Waals surface area contributed by atoms with E-state index in [4.69, 9.17) is 0 Å². The molecule has 0 aromatic heterocycles. The van der Waals surface area contributed by atoms with Gasteiger partial charge in [-0.1, -0.05) is 63.5 Å². The highest BCUT2D eigenvalue weighted by molar-refractivity contribution is 5.90. The smallest absolute Gasteiger partial charge is 0.224 e. The summed E-state index contributed by atoms with van der Waals surface area (Å²) in [6.07, 6.45) is 16.5. The van der Waals surface area contributed by atoms with Crippen LogP contribution in [0, 0.1) is 28.6 Å². The zero-order valence-corrected chi connectivity index (χ0v) is 20.4. The van der Waals surface area contributed by atoms with Gasteiger partial charge in [0.1, 0.15) is 0 Å². The zero-order chi connectivity index (χ0) is 22.3. The van der Waals surface area contributed by atoms with Crippen molar-refractivity contribution in [2.24, 2.45) is 28.6 Å². The van der Waals surface area contributed by atoms with E-state index in [-0.39, 0.29) is 5.91 Å². The number of nitrogens with one attached hydrogen (secondary N) is 1. The molecule has 1 amide bonds. The predicted molar refractivity (Wildman–Crippen MR) is 133 cm³/mol. The minimum absolute atomic E-state index is 0.150. The largest absolute Gasteiger partial charge is 0.326 e. The van der Waals surface area contributed by atoms with E-state index in [0.29, 0.717) is 29.1 Å². The number of benzene rings is 1. The second-order valence-corrected chi connectivity index (χ2v) is 11.7. The fraction of sp³-hybridized carbons (Fsp3) is 0.633. The van der Waals surface area contributed by atoms with Gasteiger partial charge in [0.05, 0.1) is 0 Å². The molecule has 1 unspecified atom stereocenters. The van der Waals surface area contributed by atoms with Crippen LogP contribution in [0.15, 0.2) is 53.1 Å². The highest BCUT2D eigenvalue weighted by Crippen LogP contribution is 2.64. The minimum Gasteiger partial charge on any atom is -0.326 e. The number of para-hydroxylation sites is 1. The van der Waals surface area contributed by atoms with Crippen molar-refractivity contribution in [1.29, 1.82) is 0 Å². The van der Waals surface area contributed by atoms with E-state index >= 15 is 0 Å². The van der Waals surface area contributed by atoms with Gasteiger partial charge >= 0.3 is 0 Å². The van der Waals surface area contributed by atoms with Gasteiger partial charge in [-0.2, -0.15) is 0 Å². The van der Waals surface area contributed by atoms with Crippen LogP contribution in [-0.2, 0) is 4.79 Å². The molecule has 4 aliphatic carbocycles. The molecule has 5 atom stereocenters. The van der Waals surface area contributed by atoms with Gasteiger partial charge in [-0.05, 0) is 103 Å². The Labute approximate surface area is 194 Å². The van der Waals surface area contributed by atoms with Crippen molar-refractivity contribution in [3.05, 3.63) is 53.1 Å². The number of carbonyl (C=O) groups is 1. The SMILES string of the molecule is C[C@H](CCC(=O)Nc1ccccc1)[C@H]1CC=C2C3=C(CC[C@@]21C)[C@@]1(C)CCCCC1CC3. The number of hydrogen-bond acceptors (Lipinski definition) is 1. The van der Waals surface area contributed by atoms with Crippen molar-refractivity contribution in [2.45, 2.75) is 91.4 Å². The van der Waals surface area contributed by atoms with Crippen LogP contribution in [0.4, 0.5) is 5.69 Å².